The van der Waals surface area contributed by atoms with Crippen molar-refractivity contribution >= 4 is 5.91 Å². The third kappa shape index (κ3) is 3.35. The summed E-state index contributed by atoms with van der Waals surface area (Å²) in [4.78, 5) is 22.9. The number of carbonyl (C=O) groups is 1. The van der Waals surface area contributed by atoms with E-state index in [0.29, 0.717) is 31.3 Å². The van der Waals surface area contributed by atoms with Gasteiger partial charge in [0.15, 0.2) is 5.82 Å². The van der Waals surface area contributed by atoms with Crippen molar-refractivity contribution in [2.75, 3.05) is 26.8 Å². The van der Waals surface area contributed by atoms with Gasteiger partial charge in [-0.3, -0.25) is 4.79 Å². The number of morpholine rings is 1. The zero-order chi connectivity index (χ0) is 17.1. The number of benzene rings is 1. The number of carbonyl (C=O) groups excluding carboxylic acids is 1. The van der Waals surface area contributed by atoms with Crippen molar-refractivity contribution in [1.29, 1.82) is 0 Å². The van der Waals surface area contributed by atoms with Crippen molar-refractivity contribution in [3.05, 3.63) is 53.4 Å². The molecule has 1 aliphatic heterocycles. The molecule has 1 saturated heterocycles. The van der Waals surface area contributed by atoms with E-state index in [9.17, 15) is 9.18 Å². The molecule has 1 amide bonds. The van der Waals surface area contributed by atoms with Crippen LogP contribution in [-0.2, 0) is 4.74 Å². The minimum absolute atomic E-state index is 0.198. The van der Waals surface area contributed by atoms with Crippen LogP contribution in [-0.4, -0.2) is 47.6 Å². The van der Waals surface area contributed by atoms with E-state index in [1.165, 1.54) is 25.3 Å². The normalized spacial score (nSPS) is 17.6. The molecule has 0 spiro atoms. The van der Waals surface area contributed by atoms with Gasteiger partial charge in [0.05, 0.1) is 25.8 Å². The quantitative estimate of drug-likeness (QED) is 0.862. The number of halogens is 1. The first-order valence-electron chi connectivity index (χ1n) is 7.62. The summed E-state index contributed by atoms with van der Waals surface area (Å²) in [7, 11) is 1.45. The fourth-order valence-electron chi connectivity index (χ4n) is 2.63. The number of aryl methyl sites for hydroxylation is 1. The third-order valence-electron chi connectivity index (χ3n) is 3.85. The Morgan fingerprint density at radius 2 is 2.25 bits per heavy atom. The maximum atomic E-state index is 13.5. The molecule has 7 heteroatoms. The van der Waals surface area contributed by atoms with Crippen molar-refractivity contribution in [1.82, 2.24) is 14.9 Å². The van der Waals surface area contributed by atoms with Crippen molar-refractivity contribution in [2.24, 2.45) is 0 Å². The zero-order valence-corrected chi connectivity index (χ0v) is 13.5. The van der Waals surface area contributed by atoms with E-state index >= 15 is 0 Å². The van der Waals surface area contributed by atoms with Crippen LogP contribution in [0.15, 0.2) is 30.5 Å². The number of methoxy groups -OCH3 is 1. The summed E-state index contributed by atoms with van der Waals surface area (Å²) in [5, 5.41) is 0. The van der Waals surface area contributed by atoms with Gasteiger partial charge >= 0.3 is 0 Å². The molecule has 1 aromatic carbocycles. The zero-order valence-electron chi connectivity index (χ0n) is 13.5. The number of rotatable bonds is 3. The van der Waals surface area contributed by atoms with Crippen molar-refractivity contribution in [2.45, 2.75) is 13.0 Å². The first-order chi connectivity index (χ1) is 11.6. The van der Waals surface area contributed by atoms with Gasteiger partial charge in [0.25, 0.3) is 5.91 Å². The van der Waals surface area contributed by atoms with E-state index in [1.807, 2.05) is 6.92 Å². The SMILES string of the molecule is COc1ccc(F)cc1C(=O)N1CCO[C@H](c2nccc(C)n2)C1. The highest BCUT2D eigenvalue weighted by molar-refractivity contribution is 5.97. The molecule has 126 valence electrons. The first-order valence-corrected chi connectivity index (χ1v) is 7.62. The molecular formula is C17H18FN3O3. The van der Waals surface area contributed by atoms with Crippen molar-refractivity contribution in [3.63, 3.8) is 0 Å². The van der Waals surface area contributed by atoms with E-state index in [-0.39, 0.29) is 11.5 Å². The van der Waals surface area contributed by atoms with Crippen LogP contribution in [0.25, 0.3) is 0 Å². The third-order valence-corrected chi connectivity index (χ3v) is 3.85. The maximum absolute atomic E-state index is 13.5. The number of nitrogens with zero attached hydrogens (tertiary/aromatic N) is 3. The molecule has 3 rings (SSSR count). The Morgan fingerprint density at radius 3 is 3.00 bits per heavy atom. The van der Waals surface area contributed by atoms with Crippen molar-refractivity contribution < 1.29 is 18.7 Å². The maximum Gasteiger partial charge on any atom is 0.257 e. The summed E-state index contributed by atoms with van der Waals surface area (Å²) in [6, 6.07) is 5.70. The number of hydrogen-bond donors (Lipinski definition) is 0. The van der Waals surface area contributed by atoms with Gasteiger partial charge in [-0.1, -0.05) is 0 Å². The molecule has 0 bridgehead atoms. The lowest BCUT2D eigenvalue weighted by molar-refractivity contribution is -0.0269. The second-order valence-electron chi connectivity index (χ2n) is 5.51. The molecule has 1 fully saturated rings. The fourth-order valence-corrected chi connectivity index (χ4v) is 2.63. The van der Waals surface area contributed by atoms with Gasteiger partial charge in [-0.05, 0) is 31.2 Å². The number of ether oxygens (including phenoxy) is 2. The van der Waals surface area contributed by atoms with Crippen molar-refractivity contribution in [3.8, 4) is 5.75 Å². The minimum Gasteiger partial charge on any atom is -0.496 e. The van der Waals surface area contributed by atoms with Gasteiger partial charge in [-0.25, -0.2) is 14.4 Å². The molecule has 1 aliphatic rings. The number of amides is 1. The van der Waals surface area contributed by atoms with Crippen LogP contribution in [0.5, 0.6) is 5.75 Å². The number of aromatic nitrogens is 2. The summed E-state index contributed by atoms with van der Waals surface area (Å²) < 4.78 is 24.4. The monoisotopic (exact) mass is 331 g/mol. The lowest BCUT2D eigenvalue weighted by atomic mass is 10.1. The fraction of sp³-hybridized carbons (Fsp3) is 0.353. The van der Waals surface area contributed by atoms with Gasteiger partial charge in [0, 0.05) is 18.4 Å². The molecule has 1 atom stereocenters. The van der Waals surface area contributed by atoms with Gasteiger partial charge in [-0.2, -0.15) is 0 Å². The van der Waals surface area contributed by atoms with E-state index in [4.69, 9.17) is 9.47 Å². The molecule has 0 radical (unpaired) electrons. The van der Waals surface area contributed by atoms with Crippen LogP contribution in [0.4, 0.5) is 4.39 Å². The molecule has 2 heterocycles. The van der Waals surface area contributed by atoms with Crippen LogP contribution < -0.4 is 4.74 Å². The molecule has 1 aromatic heterocycles. The summed E-state index contributed by atoms with van der Waals surface area (Å²) in [6.07, 6.45) is 1.26. The molecule has 2 aromatic rings. The topological polar surface area (TPSA) is 64.5 Å². The smallest absolute Gasteiger partial charge is 0.257 e. The molecular weight excluding hydrogens is 313 g/mol. The predicted molar refractivity (Wildman–Crippen MR) is 84.3 cm³/mol. The highest BCUT2D eigenvalue weighted by Gasteiger charge is 2.29. The van der Waals surface area contributed by atoms with Gasteiger partial charge in [0.1, 0.15) is 17.7 Å². The highest BCUT2D eigenvalue weighted by atomic mass is 19.1. The Bertz CT molecular complexity index is 754. The average Bonchev–Trinajstić information content (AvgIpc) is 2.61. The minimum atomic E-state index is -0.481. The second kappa shape index (κ2) is 6.92. The number of hydrogen-bond acceptors (Lipinski definition) is 5. The largest absolute Gasteiger partial charge is 0.496 e. The lowest BCUT2D eigenvalue weighted by Crippen LogP contribution is -2.42. The van der Waals surface area contributed by atoms with Crippen LogP contribution in [0, 0.1) is 12.7 Å². The lowest BCUT2D eigenvalue weighted by Gasteiger charge is -2.32. The molecule has 0 N–H and O–H groups in total. The highest BCUT2D eigenvalue weighted by Crippen LogP contribution is 2.25. The molecule has 0 saturated carbocycles. The Balaban J connectivity index is 1.82. The molecule has 24 heavy (non-hydrogen) atoms. The average molecular weight is 331 g/mol. The Kier molecular flexibility index (Phi) is 4.71. The van der Waals surface area contributed by atoms with E-state index in [1.54, 1.807) is 17.2 Å². The van der Waals surface area contributed by atoms with Crippen LogP contribution in [0.2, 0.25) is 0 Å². The molecule has 6 nitrogen and oxygen atoms in total. The van der Waals surface area contributed by atoms with E-state index in [0.717, 1.165) is 5.69 Å². The standard InChI is InChI=1S/C17H18FN3O3/c1-11-5-6-19-16(20-11)15-10-21(7-8-24-15)17(22)13-9-12(18)3-4-14(13)23-2/h3-6,9,15H,7-8,10H2,1-2H3/t15-/m0/s1. The first kappa shape index (κ1) is 16.3. The Labute approximate surface area is 139 Å². The summed E-state index contributed by atoms with van der Waals surface area (Å²) >= 11 is 0. The Hall–Kier alpha value is -2.54. The van der Waals surface area contributed by atoms with Crippen LogP contribution in [0.1, 0.15) is 28.0 Å². The second-order valence-corrected chi connectivity index (χ2v) is 5.51. The predicted octanol–water partition coefficient (Wildman–Crippen LogP) is 2.15. The Morgan fingerprint density at radius 1 is 1.42 bits per heavy atom. The van der Waals surface area contributed by atoms with E-state index in [2.05, 4.69) is 9.97 Å². The molecule has 0 unspecified atom stereocenters. The van der Waals surface area contributed by atoms with Crippen LogP contribution in [0.3, 0.4) is 0 Å². The molecule has 0 aliphatic carbocycles. The van der Waals surface area contributed by atoms with Gasteiger partial charge in [-0.15, -0.1) is 0 Å². The van der Waals surface area contributed by atoms with Gasteiger partial charge < -0.3 is 14.4 Å². The summed E-state index contributed by atoms with van der Waals surface area (Å²) in [6.45, 7) is 2.96. The summed E-state index contributed by atoms with van der Waals surface area (Å²) in [5.41, 5.74) is 1.03. The van der Waals surface area contributed by atoms with E-state index < -0.39 is 11.9 Å². The summed E-state index contributed by atoms with van der Waals surface area (Å²) in [5.74, 6) is 0.105. The van der Waals surface area contributed by atoms with Gasteiger partial charge in [0.2, 0.25) is 0 Å². The van der Waals surface area contributed by atoms with Crippen LogP contribution >= 0.6 is 0 Å².